The maximum atomic E-state index is 13.8. The zero-order valence-corrected chi connectivity index (χ0v) is 24.0. The zero-order valence-electron chi connectivity index (χ0n) is 22.4. The van der Waals surface area contributed by atoms with Crippen molar-refractivity contribution in [2.75, 3.05) is 37.9 Å². The van der Waals surface area contributed by atoms with Gasteiger partial charge in [-0.15, -0.1) is 0 Å². The second-order valence-corrected chi connectivity index (χ2v) is 12.5. The van der Waals surface area contributed by atoms with Crippen molar-refractivity contribution in [3.8, 4) is 17.2 Å². The van der Waals surface area contributed by atoms with Crippen LogP contribution in [-0.2, 0) is 24.7 Å². The Bertz CT molecular complexity index is 1500. The number of rotatable bonds is 12. The van der Waals surface area contributed by atoms with Crippen LogP contribution in [0.25, 0.3) is 0 Å². The first kappa shape index (κ1) is 29.8. The van der Waals surface area contributed by atoms with E-state index in [1.165, 1.54) is 44.6 Å². The van der Waals surface area contributed by atoms with Gasteiger partial charge >= 0.3 is 0 Å². The van der Waals surface area contributed by atoms with E-state index >= 15 is 0 Å². The Morgan fingerprint density at radius 3 is 2.00 bits per heavy atom. The van der Waals surface area contributed by atoms with Gasteiger partial charge in [0.25, 0.3) is 10.0 Å². The minimum atomic E-state index is -4.22. The van der Waals surface area contributed by atoms with Crippen LogP contribution < -0.4 is 23.8 Å². The van der Waals surface area contributed by atoms with Gasteiger partial charge in [0.1, 0.15) is 12.3 Å². The molecule has 10 nitrogen and oxygen atoms in total. The first-order valence-electron chi connectivity index (χ1n) is 12.0. The Morgan fingerprint density at radius 2 is 1.46 bits per heavy atom. The van der Waals surface area contributed by atoms with E-state index in [2.05, 4.69) is 5.32 Å². The van der Waals surface area contributed by atoms with Gasteiger partial charge in [0.05, 0.1) is 42.3 Å². The van der Waals surface area contributed by atoms with Crippen molar-refractivity contribution in [1.29, 1.82) is 0 Å². The molecule has 39 heavy (non-hydrogen) atoms. The van der Waals surface area contributed by atoms with Crippen molar-refractivity contribution in [2.45, 2.75) is 29.7 Å². The Labute approximate surface area is 229 Å². The number of nitrogens with zero attached hydrogens (tertiary/aromatic N) is 1. The van der Waals surface area contributed by atoms with Crippen LogP contribution in [0, 0.1) is 0 Å². The van der Waals surface area contributed by atoms with Crippen molar-refractivity contribution >= 4 is 31.5 Å². The van der Waals surface area contributed by atoms with E-state index in [1.807, 2.05) is 6.92 Å². The zero-order chi connectivity index (χ0) is 28.8. The highest BCUT2D eigenvalue weighted by atomic mass is 32.2. The SMILES string of the molecule is CCOc1ccc(N(CC(=O)N[C@H](C)c2ccc(S(C)(=O)=O)cc2)S(=O)(=O)c2ccc(OC)c(OC)c2)cc1. The highest BCUT2D eigenvalue weighted by Crippen LogP contribution is 2.32. The molecule has 210 valence electrons. The van der Waals surface area contributed by atoms with E-state index in [-0.39, 0.29) is 21.2 Å². The number of carbonyl (C=O) groups excluding carboxylic acids is 1. The lowest BCUT2D eigenvalue weighted by Crippen LogP contribution is -2.41. The van der Waals surface area contributed by atoms with Gasteiger partial charge in [0.2, 0.25) is 5.91 Å². The Balaban J connectivity index is 1.92. The molecule has 12 heteroatoms. The van der Waals surface area contributed by atoms with Crippen molar-refractivity contribution in [3.63, 3.8) is 0 Å². The number of sulfonamides is 1. The van der Waals surface area contributed by atoms with Gasteiger partial charge in [-0.1, -0.05) is 12.1 Å². The molecule has 0 radical (unpaired) electrons. The van der Waals surface area contributed by atoms with Gasteiger partial charge in [-0.3, -0.25) is 9.10 Å². The van der Waals surface area contributed by atoms with Gasteiger partial charge < -0.3 is 19.5 Å². The first-order valence-corrected chi connectivity index (χ1v) is 15.3. The lowest BCUT2D eigenvalue weighted by atomic mass is 10.1. The summed E-state index contributed by atoms with van der Waals surface area (Å²) in [7, 11) is -4.74. The van der Waals surface area contributed by atoms with Gasteiger partial charge in [-0.25, -0.2) is 16.8 Å². The molecule has 1 atom stereocenters. The molecule has 0 aliphatic carbocycles. The molecule has 0 heterocycles. The largest absolute Gasteiger partial charge is 0.494 e. The highest BCUT2D eigenvalue weighted by molar-refractivity contribution is 7.93. The van der Waals surface area contributed by atoms with E-state index in [0.717, 1.165) is 10.6 Å². The molecule has 0 fully saturated rings. The van der Waals surface area contributed by atoms with Crippen molar-refractivity contribution < 1.29 is 35.8 Å². The fraction of sp³-hybridized carbons (Fsp3) is 0.296. The Hall–Kier alpha value is -3.77. The van der Waals surface area contributed by atoms with Gasteiger partial charge in [0.15, 0.2) is 21.3 Å². The second kappa shape index (κ2) is 12.4. The Kier molecular flexibility index (Phi) is 9.46. The fourth-order valence-corrected chi connectivity index (χ4v) is 5.87. The predicted molar refractivity (Wildman–Crippen MR) is 148 cm³/mol. The molecule has 0 spiro atoms. The van der Waals surface area contributed by atoms with Crippen molar-refractivity contribution in [2.24, 2.45) is 0 Å². The molecule has 3 aromatic rings. The summed E-state index contributed by atoms with van der Waals surface area (Å²) < 4.78 is 68.0. The highest BCUT2D eigenvalue weighted by Gasteiger charge is 2.29. The van der Waals surface area contributed by atoms with Gasteiger partial charge in [-0.2, -0.15) is 0 Å². The lowest BCUT2D eigenvalue weighted by molar-refractivity contribution is -0.120. The molecular formula is C27H32N2O8S2. The normalized spacial score (nSPS) is 12.3. The van der Waals surface area contributed by atoms with E-state index in [1.54, 1.807) is 43.3 Å². The molecule has 0 unspecified atom stereocenters. The molecule has 3 rings (SSSR count). The van der Waals surface area contributed by atoms with Crippen LogP contribution in [0.2, 0.25) is 0 Å². The topological polar surface area (TPSA) is 128 Å². The van der Waals surface area contributed by atoms with E-state index in [0.29, 0.717) is 23.7 Å². The van der Waals surface area contributed by atoms with Crippen LogP contribution in [0.3, 0.4) is 0 Å². The first-order chi connectivity index (χ1) is 18.4. The second-order valence-electron chi connectivity index (χ2n) is 8.59. The van der Waals surface area contributed by atoms with Gasteiger partial charge in [0, 0.05) is 12.3 Å². The van der Waals surface area contributed by atoms with Crippen LogP contribution in [0.4, 0.5) is 5.69 Å². The number of amides is 1. The maximum absolute atomic E-state index is 13.8. The summed E-state index contributed by atoms with van der Waals surface area (Å²) >= 11 is 0. The number of benzene rings is 3. The third-order valence-electron chi connectivity index (χ3n) is 5.85. The van der Waals surface area contributed by atoms with Crippen LogP contribution in [0.1, 0.15) is 25.5 Å². The molecule has 0 aliphatic rings. The molecule has 0 saturated heterocycles. The quantitative estimate of drug-likeness (QED) is 0.347. The van der Waals surface area contributed by atoms with Crippen molar-refractivity contribution in [1.82, 2.24) is 5.32 Å². The van der Waals surface area contributed by atoms with Crippen LogP contribution >= 0.6 is 0 Å². The summed E-state index contributed by atoms with van der Waals surface area (Å²) in [5.74, 6) is 0.575. The third-order valence-corrected chi connectivity index (χ3v) is 8.75. The summed E-state index contributed by atoms with van der Waals surface area (Å²) in [6, 6.07) is 16.2. The smallest absolute Gasteiger partial charge is 0.264 e. The van der Waals surface area contributed by atoms with Crippen LogP contribution in [0.15, 0.2) is 76.5 Å². The molecule has 1 N–H and O–H groups in total. The number of methoxy groups -OCH3 is 2. The molecule has 0 bridgehead atoms. The van der Waals surface area contributed by atoms with E-state index < -0.39 is 38.4 Å². The molecule has 0 aliphatic heterocycles. The average molecular weight is 577 g/mol. The summed E-state index contributed by atoms with van der Waals surface area (Å²) in [6.45, 7) is 3.48. The lowest BCUT2D eigenvalue weighted by Gasteiger charge is -2.25. The minimum Gasteiger partial charge on any atom is -0.494 e. The van der Waals surface area contributed by atoms with Gasteiger partial charge in [-0.05, 0) is 67.9 Å². The van der Waals surface area contributed by atoms with E-state index in [9.17, 15) is 21.6 Å². The summed E-state index contributed by atoms with van der Waals surface area (Å²) in [5.41, 5.74) is 0.916. The molecule has 3 aromatic carbocycles. The standard InChI is InChI=1S/C27H32N2O8S2/c1-6-37-22-11-9-21(10-12-22)29(39(33,34)24-15-16-25(35-3)26(17-24)36-4)18-27(30)28-19(2)20-7-13-23(14-8-20)38(5,31)32/h7-17,19H,6,18H2,1-5H3,(H,28,30)/t19-/m1/s1. The number of ether oxygens (including phenoxy) is 3. The van der Waals surface area contributed by atoms with E-state index in [4.69, 9.17) is 14.2 Å². The minimum absolute atomic E-state index is 0.0914. The molecular weight excluding hydrogens is 544 g/mol. The number of nitrogens with one attached hydrogen (secondary N) is 1. The summed E-state index contributed by atoms with van der Waals surface area (Å²) in [4.78, 5) is 13.2. The number of sulfone groups is 1. The number of anilines is 1. The third kappa shape index (κ3) is 7.21. The summed E-state index contributed by atoms with van der Waals surface area (Å²) in [6.07, 6.45) is 1.11. The fourth-order valence-electron chi connectivity index (χ4n) is 3.80. The maximum Gasteiger partial charge on any atom is 0.264 e. The monoisotopic (exact) mass is 576 g/mol. The molecule has 0 aromatic heterocycles. The summed E-state index contributed by atoms with van der Waals surface area (Å²) in [5, 5.41) is 2.79. The van der Waals surface area contributed by atoms with Crippen LogP contribution in [0.5, 0.6) is 17.2 Å². The Morgan fingerprint density at radius 1 is 0.872 bits per heavy atom. The predicted octanol–water partition coefficient (Wildman–Crippen LogP) is 3.58. The van der Waals surface area contributed by atoms with Crippen LogP contribution in [-0.4, -0.2) is 56.4 Å². The number of carbonyl (C=O) groups is 1. The van der Waals surface area contributed by atoms with Crippen molar-refractivity contribution in [3.05, 3.63) is 72.3 Å². The average Bonchev–Trinajstić information content (AvgIpc) is 2.91. The molecule has 1 amide bonds. The molecule has 0 saturated carbocycles. The number of hydrogen-bond donors (Lipinski definition) is 1. The number of hydrogen-bond acceptors (Lipinski definition) is 8.